The van der Waals surface area contributed by atoms with Crippen LogP contribution in [0.2, 0.25) is 0 Å². The molecule has 0 aliphatic rings. The minimum Gasteiger partial charge on any atom is -0.508 e. The molecule has 100 valence electrons. The molecule has 0 saturated carbocycles. The van der Waals surface area contributed by atoms with Gasteiger partial charge in [0.15, 0.2) is 0 Å². The van der Waals surface area contributed by atoms with Gasteiger partial charge in [-0.05, 0) is 18.2 Å². The van der Waals surface area contributed by atoms with Gasteiger partial charge in [0.2, 0.25) is 5.43 Å². The van der Waals surface area contributed by atoms with E-state index in [0.717, 1.165) is 0 Å². The molecule has 0 saturated heterocycles. The van der Waals surface area contributed by atoms with Gasteiger partial charge in [-0.15, -0.1) is 0 Å². The number of aromatic hydroxyl groups is 1. The lowest BCUT2D eigenvalue weighted by atomic mass is 10.0. The summed E-state index contributed by atoms with van der Waals surface area (Å²) in [5.41, 5.74) is 1.31. The molecular weight excluding hydrogens is 256 g/mol. The maximum Gasteiger partial charge on any atom is 0.200 e. The van der Waals surface area contributed by atoms with Crippen LogP contribution in [0.3, 0.4) is 0 Å². The van der Waals surface area contributed by atoms with Crippen LogP contribution in [0.15, 0.2) is 57.9 Å². The van der Waals surface area contributed by atoms with Crippen molar-refractivity contribution in [2.75, 3.05) is 7.11 Å². The van der Waals surface area contributed by atoms with Crippen LogP contribution in [0.25, 0.3) is 22.1 Å². The third-order valence-corrected chi connectivity index (χ3v) is 3.16. The topological polar surface area (TPSA) is 59.7 Å². The first-order chi connectivity index (χ1) is 9.70. The molecule has 0 amide bonds. The predicted octanol–water partition coefficient (Wildman–Crippen LogP) is 3.17. The molecule has 4 heteroatoms. The van der Waals surface area contributed by atoms with E-state index in [0.29, 0.717) is 27.8 Å². The lowest BCUT2D eigenvalue weighted by Gasteiger charge is -2.08. The van der Waals surface area contributed by atoms with Gasteiger partial charge in [0.05, 0.1) is 18.1 Å². The smallest absolute Gasteiger partial charge is 0.200 e. The molecule has 0 spiro atoms. The Kier molecular flexibility index (Phi) is 2.91. The van der Waals surface area contributed by atoms with Crippen molar-refractivity contribution in [1.82, 2.24) is 0 Å². The van der Waals surface area contributed by atoms with E-state index in [1.54, 1.807) is 25.3 Å². The van der Waals surface area contributed by atoms with Gasteiger partial charge in [-0.1, -0.05) is 18.2 Å². The second-order valence-corrected chi connectivity index (χ2v) is 4.36. The highest BCUT2D eigenvalue weighted by Crippen LogP contribution is 2.29. The number of fused-ring (bicyclic) bond motifs is 1. The normalized spacial score (nSPS) is 10.7. The second kappa shape index (κ2) is 4.74. The highest BCUT2D eigenvalue weighted by molar-refractivity contribution is 5.83. The highest BCUT2D eigenvalue weighted by atomic mass is 16.5. The van der Waals surface area contributed by atoms with Gasteiger partial charge in [0, 0.05) is 11.6 Å². The number of ether oxygens (including phenoxy) is 1. The van der Waals surface area contributed by atoms with E-state index >= 15 is 0 Å². The SMILES string of the molecule is COc1ccccc1-c1coc2cc(O)ccc2c1=O. The minimum absolute atomic E-state index is 0.0608. The Hall–Kier alpha value is -2.75. The summed E-state index contributed by atoms with van der Waals surface area (Å²) >= 11 is 0. The Bertz CT molecular complexity index is 833. The summed E-state index contributed by atoms with van der Waals surface area (Å²) in [4.78, 5) is 12.5. The molecule has 3 aromatic rings. The summed E-state index contributed by atoms with van der Waals surface area (Å²) in [6.07, 6.45) is 1.39. The zero-order valence-electron chi connectivity index (χ0n) is 10.8. The Labute approximate surface area is 114 Å². The van der Waals surface area contributed by atoms with E-state index in [1.165, 1.54) is 18.4 Å². The van der Waals surface area contributed by atoms with Crippen LogP contribution in [0, 0.1) is 0 Å². The van der Waals surface area contributed by atoms with Crippen molar-refractivity contribution in [3.05, 3.63) is 59.0 Å². The van der Waals surface area contributed by atoms with Gasteiger partial charge < -0.3 is 14.3 Å². The summed E-state index contributed by atoms with van der Waals surface area (Å²) in [6, 6.07) is 11.7. The predicted molar refractivity (Wildman–Crippen MR) is 76.1 cm³/mol. The summed E-state index contributed by atoms with van der Waals surface area (Å²) in [7, 11) is 1.56. The number of phenols is 1. The molecule has 2 aromatic carbocycles. The maximum atomic E-state index is 12.5. The van der Waals surface area contributed by atoms with Crippen LogP contribution < -0.4 is 10.2 Å². The fraction of sp³-hybridized carbons (Fsp3) is 0.0625. The fourth-order valence-corrected chi connectivity index (χ4v) is 2.17. The average molecular weight is 268 g/mol. The van der Waals surface area contributed by atoms with E-state index in [-0.39, 0.29) is 11.2 Å². The van der Waals surface area contributed by atoms with Crippen LogP contribution in [0.4, 0.5) is 0 Å². The van der Waals surface area contributed by atoms with E-state index in [4.69, 9.17) is 9.15 Å². The van der Waals surface area contributed by atoms with E-state index < -0.39 is 0 Å². The van der Waals surface area contributed by atoms with Gasteiger partial charge in [0.1, 0.15) is 23.3 Å². The van der Waals surface area contributed by atoms with Crippen LogP contribution in [-0.2, 0) is 0 Å². The Balaban J connectivity index is 2.30. The first kappa shape index (κ1) is 12.3. The Morgan fingerprint density at radius 2 is 1.90 bits per heavy atom. The lowest BCUT2D eigenvalue weighted by Crippen LogP contribution is -2.05. The Morgan fingerprint density at radius 3 is 2.70 bits per heavy atom. The Morgan fingerprint density at radius 1 is 1.10 bits per heavy atom. The number of hydrogen-bond donors (Lipinski definition) is 1. The number of rotatable bonds is 2. The van der Waals surface area contributed by atoms with Crippen LogP contribution in [-0.4, -0.2) is 12.2 Å². The molecule has 1 heterocycles. The fourth-order valence-electron chi connectivity index (χ4n) is 2.17. The summed E-state index contributed by atoms with van der Waals surface area (Å²) < 4.78 is 10.7. The van der Waals surface area contributed by atoms with Crippen molar-refractivity contribution in [1.29, 1.82) is 0 Å². The molecule has 20 heavy (non-hydrogen) atoms. The molecule has 0 aliphatic heterocycles. The van der Waals surface area contributed by atoms with Crippen molar-refractivity contribution >= 4 is 11.0 Å². The van der Waals surface area contributed by atoms with Crippen molar-refractivity contribution in [3.63, 3.8) is 0 Å². The quantitative estimate of drug-likeness (QED) is 0.775. The van der Waals surface area contributed by atoms with Crippen LogP contribution in [0.1, 0.15) is 0 Å². The van der Waals surface area contributed by atoms with Crippen molar-refractivity contribution in [2.24, 2.45) is 0 Å². The molecule has 0 atom stereocenters. The average Bonchev–Trinajstić information content (AvgIpc) is 2.47. The van der Waals surface area contributed by atoms with Crippen LogP contribution in [0.5, 0.6) is 11.5 Å². The summed E-state index contributed by atoms with van der Waals surface area (Å²) in [6.45, 7) is 0. The maximum absolute atomic E-state index is 12.5. The van der Waals surface area contributed by atoms with Gasteiger partial charge in [-0.25, -0.2) is 0 Å². The molecule has 1 aromatic heterocycles. The van der Waals surface area contributed by atoms with E-state index in [2.05, 4.69) is 0 Å². The molecule has 0 bridgehead atoms. The molecule has 3 rings (SSSR count). The zero-order chi connectivity index (χ0) is 14.1. The zero-order valence-corrected chi connectivity index (χ0v) is 10.8. The van der Waals surface area contributed by atoms with Gasteiger partial charge in [-0.3, -0.25) is 4.79 Å². The number of methoxy groups -OCH3 is 1. The third kappa shape index (κ3) is 1.91. The molecule has 0 aliphatic carbocycles. The molecule has 0 radical (unpaired) electrons. The van der Waals surface area contributed by atoms with E-state index in [1.807, 2.05) is 12.1 Å². The number of para-hydroxylation sites is 1. The lowest BCUT2D eigenvalue weighted by molar-refractivity contribution is 0.416. The molecular formula is C16H12O4. The monoisotopic (exact) mass is 268 g/mol. The highest BCUT2D eigenvalue weighted by Gasteiger charge is 2.12. The third-order valence-electron chi connectivity index (χ3n) is 3.16. The van der Waals surface area contributed by atoms with Crippen molar-refractivity contribution in [3.8, 4) is 22.6 Å². The summed E-state index contributed by atoms with van der Waals surface area (Å²) in [5.74, 6) is 0.670. The number of benzene rings is 2. The number of hydrogen-bond acceptors (Lipinski definition) is 4. The van der Waals surface area contributed by atoms with Crippen molar-refractivity contribution < 1.29 is 14.3 Å². The first-order valence-corrected chi connectivity index (χ1v) is 6.08. The van der Waals surface area contributed by atoms with Gasteiger partial charge >= 0.3 is 0 Å². The largest absolute Gasteiger partial charge is 0.508 e. The molecule has 0 unspecified atom stereocenters. The summed E-state index contributed by atoms with van der Waals surface area (Å²) in [5, 5.41) is 9.83. The van der Waals surface area contributed by atoms with Crippen LogP contribution >= 0.6 is 0 Å². The minimum atomic E-state index is -0.157. The van der Waals surface area contributed by atoms with Gasteiger partial charge in [0.25, 0.3) is 0 Å². The molecule has 1 N–H and O–H groups in total. The first-order valence-electron chi connectivity index (χ1n) is 6.08. The van der Waals surface area contributed by atoms with Crippen molar-refractivity contribution in [2.45, 2.75) is 0 Å². The molecule has 0 fully saturated rings. The van der Waals surface area contributed by atoms with E-state index in [9.17, 15) is 9.90 Å². The molecule has 4 nitrogen and oxygen atoms in total. The second-order valence-electron chi connectivity index (χ2n) is 4.36. The standard InChI is InChI=1S/C16H12O4/c1-19-14-5-3-2-4-11(14)13-9-20-15-8-10(17)6-7-12(15)16(13)18/h2-9,17H,1H3. The van der Waals surface area contributed by atoms with Gasteiger partial charge in [-0.2, -0.15) is 0 Å². The number of phenolic OH excluding ortho intramolecular Hbond substituents is 1.